The molecule has 1 aromatic rings. The normalized spacial score (nSPS) is 10.7. The van der Waals surface area contributed by atoms with Crippen LogP contribution in [0.25, 0.3) is 0 Å². The Hall–Kier alpha value is -0.830. The molecule has 102 valence electrons. The zero-order chi connectivity index (χ0) is 13.4. The van der Waals surface area contributed by atoms with E-state index in [0.717, 1.165) is 23.5 Å². The van der Waals surface area contributed by atoms with Crippen molar-refractivity contribution in [2.45, 2.75) is 59.3 Å². The Kier molecular flexibility index (Phi) is 7.02. The van der Waals surface area contributed by atoms with Crippen LogP contribution in [-0.2, 0) is 0 Å². The largest absolute Gasteiger partial charge is 0.368 e. The average Bonchev–Trinajstić information content (AvgIpc) is 2.37. The van der Waals surface area contributed by atoms with E-state index in [1.165, 1.54) is 38.5 Å². The van der Waals surface area contributed by atoms with Crippen molar-refractivity contribution in [3.8, 4) is 0 Å². The predicted octanol–water partition coefficient (Wildman–Crippen LogP) is 4.52. The second-order valence-corrected chi connectivity index (χ2v) is 5.14. The van der Waals surface area contributed by atoms with E-state index in [1.807, 2.05) is 13.8 Å². The molecule has 1 rings (SSSR count). The Balaban J connectivity index is 2.25. The first-order valence-corrected chi connectivity index (χ1v) is 7.27. The molecule has 0 radical (unpaired) electrons. The van der Waals surface area contributed by atoms with Crippen LogP contribution in [0.2, 0.25) is 5.15 Å². The fourth-order valence-corrected chi connectivity index (χ4v) is 2.04. The van der Waals surface area contributed by atoms with Gasteiger partial charge in [-0.15, -0.1) is 10.2 Å². The van der Waals surface area contributed by atoms with E-state index in [0.29, 0.717) is 5.15 Å². The summed E-state index contributed by atoms with van der Waals surface area (Å²) < 4.78 is 0. The fraction of sp³-hybridized carbons (Fsp3) is 0.714. The van der Waals surface area contributed by atoms with E-state index in [4.69, 9.17) is 11.6 Å². The van der Waals surface area contributed by atoms with Crippen molar-refractivity contribution in [3.05, 3.63) is 16.3 Å². The van der Waals surface area contributed by atoms with Crippen molar-refractivity contribution in [1.82, 2.24) is 10.2 Å². The van der Waals surface area contributed by atoms with E-state index in [2.05, 4.69) is 22.4 Å². The second kappa shape index (κ2) is 8.30. The van der Waals surface area contributed by atoms with Gasteiger partial charge in [-0.2, -0.15) is 0 Å². The van der Waals surface area contributed by atoms with Gasteiger partial charge in [0, 0.05) is 6.54 Å². The Morgan fingerprint density at radius 2 is 1.61 bits per heavy atom. The zero-order valence-corrected chi connectivity index (χ0v) is 12.5. The monoisotopic (exact) mass is 269 g/mol. The van der Waals surface area contributed by atoms with E-state index in [-0.39, 0.29) is 0 Å². The third-order valence-electron chi connectivity index (χ3n) is 3.29. The summed E-state index contributed by atoms with van der Waals surface area (Å²) in [6, 6.07) is 0. The minimum atomic E-state index is 0.498. The molecule has 0 saturated heterocycles. The molecule has 1 aromatic heterocycles. The van der Waals surface area contributed by atoms with Crippen molar-refractivity contribution in [1.29, 1.82) is 0 Å². The molecular formula is C14H24ClN3. The van der Waals surface area contributed by atoms with Gasteiger partial charge in [0.1, 0.15) is 0 Å². The lowest BCUT2D eigenvalue weighted by atomic mass is 10.1. The van der Waals surface area contributed by atoms with E-state index < -0.39 is 0 Å². The summed E-state index contributed by atoms with van der Waals surface area (Å²) in [6.07, 6.45) is 7.82. The first-order chi connectivity index (χ1) is 8.66. The summed E-state index contributed by atoms with van der Waals surface area (Å²) in [7, 11) is 0. The third kappa shape index (κ3) is 4.81. The molecule has 3 nitrogen and oxygen atoms in total. The summed E-state index contributed by atoms with van der Waals surface area (Å²) >= 11 is 5.92. The van der Waals surface area contributed by atoms with Crippen molar-refractivity contribution >= 4 is 17.4 Å². The number of rotatable bonds is 8. The lowest BCUT2D eigenvalue weighted by Gasteiger charge is -2.10. The molecule has 18 heavy (non-hydrogen) atoms. The van der Waals surface area contributed by atoms with E-state index in [9.17, 15) is 0 Å². The summed E-state index contributed by atoms with van der Waals surface area (Å²) in [5.41, 5.74) is 2.11. The molecule has 0 fully saturated rings. The number of nitrogens with zero attached hydrogens (tertiary/aromatic N) is 2. The van der Waals surface area contributed by atoms with Gasteiger partial charge in [-0.1, -0.05) is 50.6 Å². The van der Waals surface area contributed by atoms with Gasteiger partial charge in [-0.25, -0.2) is 0 Å². The molecule has 0 aliphatic heterocycles. The molecule has 0 saturated carbocycles. The lowest BCUT2D eigenvalue weighted by Crippen LogP contribution is -2.07. The van der Waals surface area contributed by atoms with Crippen LogP contribution < -0.4 is 5.32 Å². The maximum Gasteiger partial charge on any atom is 0.155 e. The molecule has 0 spiro atoms. The molecule has 1 N–H and O–H groups in total. The fourth-order valence-electron chi connectivity index (χ4n) is 1.86. The third-order valence-corrected chi connectivity index (χ3v) is 3.65. The number of unbranched alkanes of at least 4 members (excludes halogenated alkanes) is 5. The minimum absolute atomic E-state index is 0.498. The second-order valence-electron chi connectivity index (χ2n) is 4.78. The van der Waals surface area contributed by atoms with Gasteiger partial charge in [-0.05, 0) is 31.4 Å². The zero-order valence-electron chi connectivity index (χ0n) is 11.7. The highest BCUT2D eigenvalue weighted by Crippen LogP contribution is 2.20. The lowest BCUT2D eigenvalue weighted by molar-refractivity contribution is 0.616. The smallest absolute Gasteiger partial charge is 0.155 e. The van der Waals surface area contributed by atoms with Gasteiger partial charge < -0.3 is 5.32 Å². The predicted molar refractivity (Wildman–Crippen MR) is 78.4 cm³/mol. The first kappa shape index (κ1) is 15.2. The van der Waals surface area contributed by atoms with Crippen LogP contribution in [0.15, 0.2) is 0 Å². The Morgan fingerprint density at radius 1 is 0.944 bits per heavy atom. The van der Waals surface area contributed by atoms with Crippen molar-refractivity contribution < 1.29 is 0 Å². The van der Waals surface area contributed by atoms with Gasteiger partial charge in [0.2, 0.25) is 0 Å². The molecule has 1 heterocycles. The molecule has 0 aromatic carbocycles. The van der Waals surface area contributed by atoms with Crippen LogP contribution in [0.1, 0.15) is 56.6 Å². The number of nitrogens with one attached hydrogen (secondary N) is 1. The molecule has 0 atom stereocenters. The Bertz CT molecular complexity index is 366. The molecule has 0 aliphatic rings. The SMILES string of the molecule is CCCCCCCCNc1nnc(Cl)c(C)c1C. The number of aromatic nitrogens is 2. The molecular weight excluding hydrogens is 246 g/mol. The molecule has 0 aliphatic carbocycles. The summed E-state index contributed by atoms with van der Waals surface area (Å²) in [4.78, 5) is 0. The van der Waals surface area contributed by atoms with Gasteiger partial charge in [-0.3, -0.25) is 0 Å². The van der Waals surface area contributed by atoms with Crippen molar-refractivity contribution in [2.24, 2.45) is 0 Å². The van der Waals surface area contributed by atoms with Crippen LogP contribution >= 0.6 is 11.6 Å². The number of hydrogen-bond acceptors (Lipinski definition) is 3. The maximum atomic E-state index is 5.92. The van der Waals surface area contributed by atoms with Crippen LogP contribution in [0.4, 0.5) is 5.82 Å². The van der Waals surface area contributed by atoms with Crippen LogP contribution in [0.3, 0.4) is 0 Å². The van der Waals surface area contributed by atoms with E-state index >= 15 is 0 Å². The number of anilines is 1. The van der Waals surface area contributed by atoms with Gasteiger partial charge >= 0.3 is 0 Å². The molecule has 4 heteroatoms. The van der Waals surface area contributed by atoms with Crippen molar-refractivity contribution in [3.63, 3.8) is 0 Å². The van der Waals surface area contributed by atoms with Gasteiger partial charge in [0.25, 0.3) is 0 Å². The average molecular weight is 270 g/mol. The molecule has 0 bridgehead atoms. The number of hydrogen-bond donors (Lipinski definition) is 1. The highest BCUT2D eigenvalue weighted by atomic mass is 35.5. The van der Waals surface area contributed by atoms with Crippen LogP contribution in [-0.4, -0.2) is 16.7 Å². The Labute approximate surface area is 115 Å². The standard InChI is InChI=1S/C14H24ClN3/c1-4-5-6-7-8-9-10-16-14-12(3)11(2)13(15)17-18-14/h4-10H2,1-3H3,(H,16,18). The molecule has 0 amide bonds. The van der Waals surface area contributed by atoms with E-state index in [1.54, 1.807) is 0 Å². The quantitative estimate of drug-likeness (QED) is 0.705. The van der Waals surface area contributed by atoms with Crippen molar-refractivity contribution in [2.75, 3.05) is 11.9 Å². The molecule has 0 unspecified atom stereocenters. The highest BCUT2D eigenvalue weighted by molar-refractivity contribution is 6.30. The van der Waals surface area contributed by atoms with Crippen LogP contribution in [0.5, 0.6) is 0 Å². The maximum absolute atomic E-state index is 5.92. The summed E-state index contributed by atoms with van der Waals surface area (Å²) in [6.45, 7) is 7.20. The first-order valence-electron chi connectivity index (χ1n) is 6.90. The number of halogens is 1. The van der Waals surface area contributed by atoms with Gasteiger partial charge in [0.15, 0.2) is 11.0 Å². The summed E-state index contributed by atoms with van der Waals surface area (Å²) in [5, 5.41) is 11.9. The minimum Gasteiger partial charge on any atom is -0.368 e. The van der Waals surface area contributed by atoms with Gasteiger partial charge in [0.05, 0.1) is 0 Å². The highest BCUT2D eigenvalue weighted by Gasteiger charge is 2.06. The summed E-state index contributed by atoms with van der Waals surface area (Å²) in [5.74, 6) is 0.866. The Morgan fingerprint density at radius 3 is 2.33 bits per heavy atom. The topological polar surface area (TPSA) is 37.8 Å². The van der Waals surface area contributed by atoms with Crippen LogP contribution in [0, 0.1) is 13.8 Å².